The third-order valence-corrected chi connectivity index (χ3v) is 2.40. The first-order valence-corrected chi connectivity index (χ1v) is 5.51. The standard InChI is InChI=1S/C12H17N3O3/c1-14(7-6-12(17)18-3)11(16)5-4-10-8-13-15(2)9-10/h4-5,8-9H,6-7H2,1-3H3/b5-4+. The van der Waals surface area contributed by atoms with Crippen LogP contribution in [0.15, 0.2) is 18.5 Å². The molecule has 0 aliphatic rings. The molecule has 0 bridgehead atoms. The van der Waals surface area contributed by atoms with E-state index in [-0.39, 0.29) is 18.3 Å². The van der Waals surface area contributed by atoms with Crippen LogP contribution in [0.4, 0.5) is 0 Å². The van der Waals surface area contributed by atoms with Crippen LogP contribution < -0.4 is 0 Å². The molecule has 0 aliphatic carbocycles. The van der Waals surface area contributed by atoms with Crippen molar-refractivity contribution in [3.8, 4) is 0 Å². The number of rotatable bonds is 5. The molecule has 0 saturated carbocycles. The summed E-state index contributed by atoms with van der Waals surface area (Å²) in [4.78, 5) is 24.1. The van der Waals surface area contributed by atoms with Crippen LogP contribution in [-0.2, 0) is 21.4 Å². The molecule has 0 spiro atoms. The van der Waals surface area contributed by atoms with E-state index in [9.17, 15) is 9.59 Å². The quantitative estimate of drug-likeness (QED) is 0.563. The van der Waals surface area contributed by atoms with Crippen LogP contribution >= 0.6 is 0 Å². The van der Waals surface area contributed by atoms with Crippen molar-refractivity contribution in [3.63, 3.8) is 0 Å². The SMILES string of the molecule is COC(=O)CCN(C)C(=O)/C=C/c1cnn(C)c1. The lowest BCUT2D eigenvalue weighted by Gasteiger charge is -2.13. The van der Waals surface area contributed by atoms with Crippen LogP contribution in [0.3, 0.4) is 0 Å². The van der Waals surface area contributed by atoms with Gasteiger partial charge in [0.05, 0.1) is 19.7 Å². The molecule has 6 nitrogen and oxygen atoms in total. The largest absolute Gasteiger partial charge is 0.469 e. The maximum absolute atomic E-state index is 11.7. The van der Waals surface area contributed by atoms with Gasteiger partial charge in [0.25, 0.3) is 0 Å². The number of aromatic nitrogens is 2. The van der Waals surface area contributed by atoms with E-state index in [0.29, 0.717) is 6.54 Å². The molecule has 0 atom stereocenters. The van der Waals surface area contributed by atoms with Crippen LogP contribution in [0.25, 0.3) is 6.08 Å². The van der Waals surface area contributed by atoms with Crippen molar-refractivity contribution < 1.29 is 14.3 Å². The van der Waals surface area contributed by atoms with Crippen LogP contribution in [0.2, 0.25) is 0 Å². The summed E-state index contributed by atoms with van der Waals surface area (Å²) in [5.41, 5.74) is 0.854. The highest BCUT2D eigenvalue weighted by atomic mass is 16.5. The summed E-state index contributed by atoms with van der Waals surface area (Å²) in [6, 6.07) is 0. The van der Waals surface area contributed by atoms with Crippen molar-refractivity contribution >= 4 is 18.0 Å². The summed E-state index contributed by atoms with van der Waals surface area (Å²) in [6.45, 7) is 0.336. The molecular weight excluding hydrogens is 234 g/mol. The number of amides is 1. The van der Waals surface area contributed by atoms with E-state index in [0.717, 1.165) is 5.56 Å². The minimum absolute atomic E-state index is 0.164. The number of aryl methyl sites for hydroxylation is 1. The van der Waals surface area contributed by atoms with Crippen molar-refractivity contribution in [3.05, 3.63) is 24.0 Å². The summed E-state index contributed by atoms with van der Waals surface area (Å²) in [7, 11) is 4.77. The summed E-state index contributed by atoms with van der Waals surface area (Å²) in [6.07, 6.45) is 6.80. The van der Waals surface area contributed by atoms with Gasteiger partial charge in [-0.15, -0.1) is 0 Å². The van der Waals surface area contributed by atoms with Gasteiger partial charge < -0.3 is 9.64 Å². The fraction of sp³-hybridized carbons (Fsp3) is 0.417. The van der Waals surface area contributed by atoms with Crippen LogP contribution in [0, 0.1) is 0 Å². The molecule has 1 aromatic heterocycles. The Balaban J connectivity index is 2.44. The van der Waals surface area contributed by atoms with Crippen molar-refractivity contribution in [1.82, 2.24) is 14.7 Å². The van der Waals surface area contributed by atoms with Gasteiger partial charge in [0.1, 0.15) is 0 Å². The highest BCUT2D eigenvalue weighted by molar-refractivity contribution is 5.91. The summed E-state index contributed by atoms with van der Waals surface area (Å²) < 4.78 is 6.16. The number of likely N-dealkylation sites (N-methyl/N-ethyl adjacent to an activating group) is 1. The normalized spacial score (nSPS) is 10.6. The lowest BCUT2D eigenvalue weighted by Crippen LogP contribution is -2.27. The predicted octanol–water partition coefficient (Wildman–Crippen LogP) is 0.455. The number of hydrogen-bond acceptors (Lipinski definition) is 4. The number of methoxy groups -OCH3 is 1. The molecular formula is C12H17N3O3. The Morgan fingerprint density at radius 2 is 2.28 bits per heavy atom. The first-order valence-electron chi connectivity index (χ1n) is 5.51. The van der Waals surface area contributed by atoms with Gasteiger partial charge in [-0.05, 0) is 6.08 Å². The lowest BCUT2D eigenvalue weighted by atomic mass is 10.3. The van der Waals surface area contributed by atoms with E-state index in [2.05, 4.69) is 9.84 Å². The molecule has 0 radical (unpaired) electrons. The van der Waals surface area contributed by atoms with Crippen LogP contribution in [0.5, 0.6) is 0 Å². The summed E-state index contributed by atoms with van der Waals surface area (Å²) in [5, 5.41) is 3.99. The average Bonchev–Trinajstić information content (AvgIpc) is 2.78. The molecule has 0 aromatic carbocycles. The third kappa shape index (κ3) is 4.40. The Labute approximate surface area is 106 Å². The molecule has 98 valence electrons. The van der Waals surface area contributed by atoms with E-state index in [1.165, 1.54) is 18.1 Å². The number of hydrogen-bond donors (Lipinski definition) is 0. The van der Waals surface area contributed by atoms with Gasteiger partial charge in [-0.25, -0.2) is 0 Å². The monoisotopic (exact) mass is 251 g/mol. The lowest BCUT2D eigenvalue weighted by molar-refractivity contribution is -0.141. The van der Waals surface area contributed by atoms with Crippen molar-refractivity contribution in [2.45, 2.75) is 6.42 Å². The fourth-order valence-corrected chi connectivity index (χ4v) is 1.29. The Morgan fingerprint density at radius 1 is 1.56 bits per heavy atom. The predicted molar refractivity (Wildman–Crippen MR) is 66.5 cm³/mol. The van der Waals surface area contributed by atoms with Gasteiger partial charge in [0.2, 0.25) is 5.91 Å². The second-order valence-corrected chi connectivity index (χ2v) is 3.87. The van der Waals surface area contributed by atoms with Gasteiger partial charge in [-0.1, -0.05) is 0 Å². The molecule has 1 amide bonds. The molecule has 1 heterocycles. The molecule has 0 unspecified atom stereocenters. The number of carbonyl (C=O) groups excluding carboxylic acids is 2. The van der Waals surface area contributed by atoms with Gasteiger partial charge in [-0.2, -0.15) is 5.10 Å². The maximum atomic E-state index is 11.7. The zero-order valence-electron chi connectivity index (χ0n) is 10.8. The second kappa shape index (κ2) is 6.58. The first-order chi connectivity index (χ1) is 8.52. The first kappa shape index (κ1) is 14.0. The summed E-state index contributed by atoms with van der Waals surface area (Å²) >= 11 is 0. The van der Waals surface area contributed by atoms with Gasteiger partial charge in [0.15, 0.2) is 0 Å². The van der Waals surface area contributed by atoms with Crippen molar-refractivity contribution in [1.29, 1.82) is 0 Å². The van der Waals surface area contributed by atoms with Crippen molar-refractivity contribution in [2.75, 3.05) is 20.7 Å². The van der Waals surface area contributed by atoms with Gasteiger partial charge >= 0.3 is 5.97 Å². The molecule has 1 rings (SSSR count). The van der Waals surface area contributed by atoms with Crippen molar-refractivity contribution in [2.24, 2.45) is 7.05 Å². The zero-order valence-corrected chi connectivity index (χ0v) is 10.8. The Hall–Kier alpha value is -2.11. The average molecular weight is 251 g/mol. The number of nitrogens with zero attached hydrogens (tertiary/aromatic N) is 3. The van der Waals surface area contributed by atoms with E-state index in [1.807, 2.05) is 7.05 Å². The minimum Gasteiger partial charge on any atom is -0.469 e. The fourth-order valence-electron chi connectivity index (χ4n) is 1.29. The van der Waals surface area contributed by atoms with Gasteiger partial charge in [-0.3, -0.25) is 14.3 Å². The van der Waals surface area contributed by atoms with E-state index < -0.39 is 0 Å². The Kier molecular flexibility index (Phi) is 5.10. The highest BCUT2D eigenvalue weighted by Crippen LogP contribution is 2.00. The smallest absolute Gasteiger partial charge is 0.307 e. The summed E-state index contributed by atoms with van der Waals surface area (Å²) in [5.74, 6) is -0.492. The highest BCUT2D eigenvalue weighted by Gasteiger charge is 2.07. The number of esters is 1. The molecule has 0 fully saturated rings. The molecule has 18 heavy (non-hydrogen) atoms. The maximum Gasteiger partial charge on any atom is 0.307 e. The topological polar surface area (TPSA) is 64.4 Å². The minimum atomic E-state index is -0.328. The Morgan fingerprint density at radius 3 is 2.83 bits per heavy atom. The molecule has 0 saturated heterocycles. The number of carbonyl (C=O) groups is 2. The number of ether oxygens (including phenoxy) is 1. The third-order valence-electron chi connectivity index (χ3n) is 2.40. The molecule has 0 aliphatic heterocycles. The second-order valence-electron chi connectivity index (χ2n) is 3.87. The van der Waals surface area contributed by atoms with Crippen LogP contribution in [-0.4, -0.2) is 47.3 Å². The van der Waals surface area contributed by atoms with E-state index >= 15 is 0 Å². The van der Waals surface area contributed by atoms with Crippen LogP contribution in [0.1, 0.15) is 12.0 Å². The van der Waals surface area contributed by atoms with E-state index in [1.54, 1.807) is 30.2 Å². The molecule has 1 aromatic rings. The zero-order chi connectivity index (χ0) is 13.5. The van der Waals surface area contributed by atoms with Gasteiger partial charge in [0, 0.05) is 38.5 Å². The molecule has 6 heteroatoms. The Bertz CT molecular complexity index is 451. The van der Waals surface area contributed by atoms with E-state index in [4.69, 9.17) is 0 Å². The molecule has 0 N–H and O–H groups in total.